The standard InChI is InChI=1S/C12H17N3O2/c1-15(12(13)16)10-5-3-2-4-9(10)11-8-14-6-7-17-11/h2-5,11,14H,6-8H2,1H3,(H2,13,16). The number of para-hydroxylation sites is 1. The first-order valence-corrected chi connectivity index (χ1v) is 5.64. The highest BCUT2D eigenvalue weighted by Gasteiger charge is 2.21. The number of urea groups is 1. The number of nitrogens with two attached hydrogens (primary N) is 1. The van der Waals surface area contributed by atoms with Crippen LogP contribution in [0.1, 0.15) is 11.7 Å². The van der Waals surface area contributed by atoms with E-state index in [0.29, 0.717) is 6.61 Å². The number of nitrogens with zero attached hydrogens (tertiary/aromatic N) is 1. The number of amides is 2. The first-order chi connectivity index (χ1) is 8.20. The van der Waals surface area contributed by atoms with Crippen LogP contribution in [-0.4, -0.2) is 32.8 Å². The van der Waals surface area contributed by atoms with E-state index >= 15 is 0 Å². The van der Waals surface area contributed by atoms with Crippen molar-refractivity contribution in [3.8, 4) is 0 Å². The molecular formula is C12H17N3O2. The van der Waals surface area contributed by atoms with Crippen LogP contribution in [0.5, 0.6) is 0 Å². The number of benzene rings is 1. The van der Waals surface area contributed by atoms with E-state index in [-0.39, 0.29) is 6.10 Å². The largest absolute Gasteiger partial charge is 0.371 e. The van der Waals surface area contributed by atoms with E-state index in [1.165, 1.54) is 4.90 Å². The van der Waals surface area contributed by atoms with Crippen LogP contribution in [-0.2, 0) is 4.74 Å². The molecule has 1 aliphatic rings. The summed E-state index contributed by atoms with van der Waals surface area (Å²) in [6.45, 7) is 2.30. The summed E-state index contributed by atoms with van der Waals surface area (Å²) in [7, 11) is 1.66. The monoisotopic (exact) mass is 235 g/mol. The van der Waals surface area contributed by atoms with Crippen LogP contribution >= 0.6 is 0 Å². The zero-order valence-corrected chi connectivity index (χ0v) is 9.85. The number of hydrogen-bond donors (Lipinski definition) is 2. The minimum absolute atomic E-state index is 0.0262. The van der Waals surface area contributed by atoms with E-state index in [9.17, 15) is 4.79 Å². The number of ether oxygens (including phenoxy) is 1. The number of morpholine rings is 1. The SMILES string of the molecule is CN(C(N)=O)c1ccccc1C1CNCCO1. The Kier molecular flexibility index (Phi) is 3.61. The van der Waals surface area contributed by atoms with Gasteiger partial charge in [0.25, 0.3) is 0 Å². The van der Waals surface area contributed by atoms with Crippen LogP contribution in [0.3, 0.4) is 0 Å². The number of hydrogen-bond acceptors (Lipinski definition) is 3. The van der Waals surface area contributed by atoms with Gasteiger partial charge in [0.2, 0.25) is 0 Å². The maximum atomic E-state index is 11.2. The summed E-state index contributed by atoms with van der Waals surface area (Å²) in [5.41, 5.74) is 7.08. The van der Waals surface area contributed by atoms with Gasteiger partial charge in [0.15, 0.2) is 0 Å². The summed E-state index contributed by atoms with van der Waals surface area (Å²) in [6.07, 6.45) is -0.0262. The maximum absolute atomic E-state index is 11.2. The molecule has 0 bridgehead atoms. The maximum Gasteiger partial charge on any atom is 0.319 e. The Morgan fingerprint density at radius 2 is 2.29 bits per heavy atom. The number of rotatable bonds is 2. The number of primary amides is 1. The zero-order valence-electron chi connectivity index (χ0n) is 9.85. The fourth-order valence-corrected chi connectivity index (χ4v) is 1.95. The molecule has 1 aromatic rings. The molecule has 5 heteroatoms. The molecule has 92 valence electrons. The second-order valence-corrected chi connectivity index (χ2v) is 4.02. The van der Waals surface area contributed by atoms with Gasteiger partial charge in [-0.05, 0) is 6.07 Å². The molecule has 1 aliphatic heterocycles. The van der Waals surface area contributed by atoms with Crippen LogP contribution in [0.15, 0.2) is 24.3 Å². The normalized spacial score (nSPS) is 19.9. The quantitative estimate of drug-likeness (QED) is 0.799. The van der Waals surface area contributed by atoms with Crippen molar-refractivity contribution in [1.29, 1.82) is 0 Å². The molecule has 1 unspecified atom stereocenters. The Labute approximate surface area is 101 Å². The third-order valence-electron chi connectivity index (χ3n) is 2.90. The van der Waals surface area contributed by atoms with Gasteiger partial charge >= 0.3 is 6.03 Å². The molecule has 0 radical (unpaired) electrons. The Hall–Kier alpha value is -1.59. The summed E-state index contributed by atoms with van der Waals surface area (Å²) in [6, 6.07) is 7.19. The van der Waals surface area contributed by atoms with E-state index in [2.05, 4.69) is 5.32 Å². The molecule has 0 aromatic heterocycles. The topological polar surface area (TPSA) is 67.6 Å². The zero-order chi connectivity index (χ0) is 12.3. The third-order valence-corrected chi connectivity index (χ3v) is 2.90. The lowest BCUT2D eigenvalue weighted by Gasteiger charge is -2.27. The number of anilines is 1. The predicted octanol–water partition coefficient (Wildman–Crippen LogP) is 0.862. The number of carbonyl (C=O) groups is 1. The highest BCUT2D eigenvalue weighted by molar-refractivity contribution is 5.91. The van der Waals surface area contributed by atoms with Crippen molar-refractivity contribution < 1.29 is 9.53 Å². The average Bonchev–Trinajstić information content (AvgIpc) is 2.39. The van der Waals surface area contributed by atoms with E-state index in [1.807, 2.05) is 24.3 Å². The molecule has 0 saturated carbocycles. The molecule has 2 rings (SSSR count). The summed E-state index contributed by atoms with van der Waals surface area (Å²) in [4.78, 5) is 12.7. The Morgan fingerprint density at radius 3 is 2.94 bits per heavy atom. The fourth-order valence-electron chi connectivity index (χ4n) is 1.95. The first-order valence-electron chi connectivity index (χ1n) is 5.64. The third kappa shape index (κ3) is 2.57. The fraction of sp³-hybridized carbons (Fsp3) is 0.417. The van der Waals surface area contributed by atoms with Crippen molar-refractivity contribution >= 4 is 11.7 Å². The van der Waals surface area contributed by atoms with Gasteiger partial charge in [0.1, 0.15) is 0 Å². The lowest BCUT2D eigenvalue weighted by molar-refractivity contribution is 0.0280. The molecule has 1 fully saturated rings. The van der Waals surface area contributed by atoms with Gasteiger partial charge in [-0.25, -0.2) is 4.79 Å². The van der Waals surface area contributed by atoms with Gasteiger partial charge in [0.05, 0.1) is 18.4 Å². The summed E-state index contributed by atoms with van der Waals surface area (Å²) < 4.78 is 5.69. The van der Waals surface area contributed by atoms with Crippen molar-refractivity contribution in [3.63, 3.8) is 0 Å². The van der Waals surface area contributed by atoms with E-state index in [0.717, 1.165) is 24.3 Å². The summed E-state index contributed by atoms with van der Waals surface area (Å²) in [5, 5.41) is 3.27. The molecule has 0 spiro atoms. The van der Waals surface area contributed by atoms with Gasteiger partial charge in [-0.1, -0.05) is 18.2 Å². The Bertz CT molecular complexity index is 402. The smallest absolute Gasteiger partial charge is 0.319 e. The van der Waals surface area contributed by atoms with Gasteiger partial charge in [-0.3, -0.25) is 4.90 Å². The lowest BCUT2D eigenvalue weighted by Crippen LogP contribution is -2.36. The average molecular weight is 235 g/mol. The second-order valence-electron chi connectivity index (χ2n) is 4.02. The highest BCUT2D eigenvalue weighted by Crippen LogP contribution is 2.28. The van der Waals surface area contributed by atoms with Gasteiger partial charge in [-0.2, -0.15) is 0 Å². The first kappa shape index (κ1) is 11.9. The molecule has 0 aliphatic carbocycles. The van der Waals surface area contributed by atoms with Crippen molar-refractivity contribution in [2.24, 2.45) is 5.73 Å². The minimum Gasteiger partial charge on any atom is -0.371 e. The molecule has 1 heterocycles. The van der Waals surface area contributed by atoms with Crippen molar-refractivity contribution in [2.75, 3.05) is 31.6 Å². The van der Waals surface area contributed by atoms with Crippen LogP contribution in [0.2, 0.25) is 0 Å². The molecule has 1 atom stereocenters. The molecular weight excluding hydrogens is 218 g/mol. The Balaban J connectivity index is 2.29. The molecule has 1 saturated heterocycles. The lowest BCUT2D eigenvalue weighted by atomic mass is 10.1. The molecule has 17 heavy (non-hydrogen) atoms. The van der Waals surface area contributed by atoms with Gasteiger partial charge in [-0.15, -0.1) is 0 Å². The van der Waals surface area contributed by atoms with Crippen molar-refractivity contribution in [2.45, 2.75) is 6.10 Å². The number of carbonyl (C=O) groups excluding carboxylic acids is 1. The second kappa shape index (κ2) is 5.16. The molecule has 3 N–H and O–H groups in total. The Morgan fingerprint density at radius 1 is 1.53 bits per heavy atom. The number of nitrogens with one attached hydrogen (secondary N) is 1. The molecule has 2 amide bonds. The van der Waals surface area contributed by atoms with Gasteiger partial charge in [0, 0.05) is 25.7 Å². The summed E-state index contributed by atoms with van der Waals surface area (Å²) >= 11 is 0. The van der Waals surface area contributed by atoms with Crippen LogP contribution in [0, 0.1) is 0 Å². The molecule has 5 nitrogen and oxygen atoms in total. The highest BCUT2D eigenvalue weighted by atomic mass is 16.5. The van der Waals surface area contributed by atoms with Crippen molar-refractivity contribution in [1.82, 2.24) is 5.32 Å². The van der Waals surface area contributed by atoms with E-state index < -0.39 is 6.03 Å². The van der Waals surface area contributed by atoms with Crippen molar-refractivity contribution in [3.05, 3.63) is 29.8 Å². The van der Waals surface area contributed by atoms with Gasteiger partial charge < -0.3 is 15.8 Å². The van der Waals surface area contributed by atoms with Crippen LogP contribution in [0.25, 0.3) is 0 Å². The van der Waals surface area contributed by atoms with Crippen LogP contribution < -0.4 is 16.0 Å². The summed E-state index contributed by atoms with van der Waals surface area (Å²) in [5.74, 6) is 0. The van der Waals surface area contributed by atoms with Crippen LogP contribution in [0.4, 0.5) is 10.5 Å². The van der Waals surface area contributed by atoms with E-state index in [1.54, 1.807) is 7.05 Å². The molecule has 1 aromatic carbocycles. The van der Waals surface area contributed by atoms with E-state index in [4.69, 9.17) is 10.5 Å². The minimum atomic E-state index is -0.471. The predicted molar refractivity (Wildman–Crippen MR) is 66.0 cm³/mol.